The van der Waals surface area contributed by atoms with Crippen LogP contribution in [0.5, 0.6) is 0 Å². The van der Waals surface area contributed by atoms with Crippen molar-refractivity contribution in [3.8, 4) is 0 Å². The van der Waals surface area contributed by atoms with E-state index in [0.29, 0.717) is 19.7 Å². The standard InChI is InChI=1S/C17H22N6O2/c1-14-3-2-4-15(20-14)21-9-11-22(12-10-21)16(24)25-13-17(5-6-17)23-18-7-8-19-23/h2-4,7-8H,5-6,9-13H2,1H3. The summed E-state index contributed by atoms with van der Waals surface area (Å²) in [6, 6.07) is 6.00. The number of carbonyl (C=O) groups excluding carboxylic acids is 1. The lowest BCUT2D eigenvalue weighted by Gasteiger charge is -2.35. The van der Waals surface area contributed by atoms with Crippen LogP contribution in [0.1, 0.15) is 18.5 Å². The Kier molecular flexibility index (Phi) is 4.03. The number of piperazine rings is 1. The van der Waals surface area contributed by atoms with Crippen molar-refractivity contribution in [3.63, 3.8) is 0 Å². The van der Waals surface area contributed by atoms with E-state index < -0.39 is 0 Å². The third-order valence-corrected chi connectivity index (χ3v) is 4.87. The van der Waals surface area contributed by atoms with Gasteiger partial charge in [0.05, 0.1) is 12.4 Å². The molecule has 0 unspecified atom stereocenters. The fourth-order valence-electron chi connectivity index (χ4n) is 3.12. The first-order valence-corrected chi connectivity index (χ1v) is 8.63. The molecule has 0 spiro atoms. The van der Waals surface area contributed by atoms with E-state index in [2.05, 4.69) is 20.1 Å². The third kappa shape index (κ3) is 3.29. The van der Waals surface area contributed by atoms with Gasteiger partial charge in [-0.3, -0.25) is 0 Å². The first-order valence-electron chi connectivity index (χ1n) is 8.63. The summed E-state index contributed by atoms with van der Waals surface area (Å²) in [6.45, 7) is 5.12. The summed E-state index contributed by atoms with van der Waals surface area (Å²) in [6.07, 6.45) is 4.94. The fourth-order valence-corrected chi connectivity index (χ4v) is 3.12. The molecule has 2 aromatic rings. The number of rotatable bonds is 4. The van der Waals surface area contributed by atoms with Crippen LogP contribution in [0.15, 0.2) is 30.6 Å². The molecule has 0 radical (unpaired) electrons. The molecule has 4 rings (SSSR count). The minimum Gasteiger partial charge on any atom is -0.447 e. The number of carbonyl (C=O) groups is 1. The van der Waals surface area contributed by atoms with E-state index in [0.717, 1.165) is 37.4 Å². The molecule has 3 heterocycles. The maximum Gasteiger partial charge on any atom is 0.409 e. The molecule has 1 aliphatic carbocycles. The molecule has 1 amide bonds. The monoisotopic (exact) mass is 342 g/mol. The Labute approximate surface area is 146 Å². The van der Waals surface area contributed by atoms with Crippen LogP contribution < -0.4 is 4.90 Å². The number of amides is 1. The topological polar surface area (TPSA) is 76.4 Å². The lowest BCUT2D eigenvalue weighted by Crippen LogP contribution is -2.49. The normalized spacial score (nSPS) is 18.9. The van der Waals surface area contributed by atoms with Crippen molar-refractivity contribution in [2.75, 3.05) is 37.7 Å². The average molecular weight is 342 g/mol. The molecular weight excluding hydrogens is 320 g/mol. The molecule has 25 heavy (non-hydrogen) atoms. The number of pyridine rings is 1. The van der Waals surface area contributed by atoms with Gasteiger partial charge in [-0.05, 0) is 31.9 Å². The van der Waals surface area contributed by atoms with Gasteiger partial charge in [0.15, 0.2) is 0 Å². The number of aryl methyl sites for hydroxylation is 1. The van der Waals surface area contributed by atoms with Crippen LogP contribution in [0.25, 0.3) is 0 Å². The maximum atomic E-state index is 12.4. The van der Waals surface area contributed by atoms with Gasteiger partial charge in [-0.25, -0.2) is 9.78 Å². The highest BCUT2D eigenvalue weighted by molar-refractivity contribution is 5.68. The summed E-state index contributed by atoms with van der Waals surface area (Å²) in [4.78, 5) is 22.5. The Bertz CT molecular complexity index is 735. The zero-order valence-corrected chi connectivity index (χ0v) is 14.3. The van der Waals surface area contributed by atoms with Crippen LogP contribution in [0, 0.1) is 6.92 Å². The first-order chi connectivity index (χ1) is 12.2. The van der Waals surface area contributed by atoms with Gasteiger partial charge in [-0.2, -0.15) is 15.0 Å². The van der Waals surface area contributed by atoms with Crippen LogP contribution >= 0.6 is 0 Å². The Morgan fingerprint density at radius 1 is 1.16 bits per heavy atom. The Morgan fingerprint density at radius 2 is 1.88 bits per heavy atom. The molecular formula is C17H22N6O2. The Balaban J connectivity index is 1.28. The van der Waals surface area contributed by atoms with E-state index in [-0.39, 0.29) is 11.6 Å². The highest BCUT2D eigenvalue weighted by Crippen LogP contribution is 2.42. The van der Waals surface area contributed by atoms with Crippen molar-refractivity contribution in [2.45, 2.75) is 25.3 Å². The summed E-state index contributed by atoms with van der Waals surface area (Å²) in [5.74, 6) is 0.967. The zero-order valence-electron chi connectivity index (χ0n) is 14.3. The summed E-state index contributed by atoms with van der Waals surface area (Å²) in [5.41, 5.74) is 0.772. The molecule has 1 saturated heterocycles. The Hall–Kier alpha value is -2.64. The van der Waals surface area contributed by atoms with Crippen LogP contribution in [-0.4, -0.2) is 63.8 Å². The minimum absolute atomic E-state index is 0.230. The summed E-state index contributed by atoms with van der Waals surface area (Å²) in [5, 5.41) is 8.36. The summed E-state index contributed by atoms with van der Waals surface area (Å²) in [7, 11) is 0. The third-order valence-electron chi connectivity index (χ3n) is 4.87. The van der Waals surface area contributed by atoms with Crippen LogP contribution in [0.2, 0.25) is 0 Å². The van der Waals surface area contributed by atoms with Crippen molar-refractivity contribution in [1.82, 2.24) is 24.9 Å². The molecule has 2 aromatic heterocycles. The van der Waals surface area contributed by atoms with Gasteiger partial charge in [0.2, 0.25) is 0 Å². The maximum absolute atomic E-state index is 12.4. The number of anilines is 1. The fraction of sp³-hybridized carbons (Fsp3) is 0.529. The summed E-state index contributed by atoms with van der Waals surface area (Å²) < 4.78 is 5.54. The van der Waals surface area contributed by atoms with E-state index in [9.17, 15) is 4.79 Å². The predicted octanol–water partition coefficient (Wildman–Crippen LogP) is 1.43. The number of nitrogens with zero attached hydrogens (tertiary/aromatic N) is 6. The molecule has 0 atom stereocenters. The highest BCUT2D eigenvalue weighted by atomic mass is 16.6. The van der Waals surface area contributed by atoms with E-state index in [4.69, 9.17) is 4.74 Å². The molecule has 2 fully saturated rings. The molecule has 0 aromatic carbocycles. The van der Waals surface area contributed by atoms with Crippen LogP contribution in [0.3, 0.4) is 0 Å². The second-order valence-electron chi connectivity index (χ2n) is 6.71. The minimum atomic E-state index is -0.254. The van der Waals surface area contributed by atoms with E-state index in [1.807, 2.05) is 25.1 Å². The number of hydrogen-bond donors (Lipinski definition) is 0. The van der Waals surface area contributed by atoms with Crippen molar-refractivity contribution in [3.05, 3.63) is 36.3 Å². The molecule has 1 saturated carbocycles. The van der Waals surface area contributed by atoms with E-state index in [1.165, 1.54) is 0 Å². The van der Waals surface area contributed by atoms with Gasteiger partial charge in [-0.15, -0.1) is 0 Å². The van der Waals surface area contributed by atoms with Crippen molar-refractivity contribution in [2.24, 2.45) is 0 Å². The van der Waals surface area contributed by atoms with Crippen molar-refractivity contribution < 1.29 is 9.53 Å². The average Bonchev–Trinajstić information content (AvgIpc) is 3.22. The molecule has 8 heteroatoms. The summed E-state index contributed by atoms with van der Waals surface area (Å²) >= 11 is 0. The van der Waals surface area contributed by atoms with Gasteiger partial charge >= 0.3 is 6.09 Å². The number of hydrogen-bond acceptors (Lipinski definition) is 6. The quantitative estimate of drug-likeness (QED) is 0.837. The first kappa shape index (κ1) is 15.9. The molecule has 0 bridgehead atoms. The van der Waals surface area contributed by atoms with E-state index in [1.54, 1.807) is 22.1 Å². The highest BCUT2D eigenvalue weighted by Gasteiger charge is 2.48. The smallest absolute Gasteiger partial charge is 0.409 e. The second kappa shape index (κ2) is 6.34. The molecule has 1 aliphatic heterocycles. The Morgan fingerprint density at radius 3 is 2.52 bits per heavy atom. The zero-order chi connectivity index (χ0) is 17.3. The largest absolute Gasteiger partial charge is 0.447 e. The van der Waals surface area contributed by atoms with Gasteiger partial charge in [0.25, 0.3) is 0 Å². The van der Waals surface area contributed by atoms with Crippen molar-refractivity contribution >= 4 is 11.9 Å². The van der Waals surface area contributed by atoms with E-state index >= 15 is 0 Å². The molecule has 8 nitrogen and oxygen atoms in total. The molecule has 2 aliphatic rings. The van der Waals surface area contributed by atoms with Gasteiger partial charge in [-0.1, -0.05) is 6.07 Å². The lowest BCUT2D eigenvalue weighted by molar-refractivity contribution is 0.0774. The van der Waals surface area contributed by atoms with Gasteiger partial charge in [0, 0.05) is 31.9 Å². The van der Waals surface area contributed by atoms with Crippen molar-refractivity contribution in [1.29, 1.82) is 0 Å². The van der Waals surface area contributed by atoms with Gasteiger partial charge < -0.3 is 14.5 Å². The van der Waals surface area contributed by atoms with Crippen LogP contribution in [0.4, 0.5) is 10.6 Å². The predicted molar refractivity (Wildman–Crippen MR) is 91.3 cm³/mol. The molecule has 132 valence electrons. The number of aromatic nitrogens is 4. The number of ether oxygens (including phenoxy) is 1. The van der Waals surface area contributed by atoms with Crippen LogP contribution in [-0.2, 0) is 10.3 Å². The second-order valence-corrected chi connectivity index (χ2v) is 6.71. The van der Waals surface area contributed by atoms with Gasteiger partial charge in [0.1, 0.15) is 18.0 Å². The lowest BCUT2D eigenvalue weighted by atomic mass is 10.3. The SMILES string of the molecule is Cc1cccc(N2CCN(C(=O)OCC3(n4nccn4)CC3)CC2)n1. The molecule has 0 N–H and O–H groups in total.